The van der Waals surface area contributed by atoms with Crippen molar-refractivity contribution >= 4 is 17.3 Å². The Hall–Kier alpha value is -2.08. The minimum absolute atomic E-state index is 0.0934. The first kappa shape index (κ1) is 19.2. The van der Waals surface area contributed by atoms with Gasteiger partial charge in [0.2, 0.25) is 0 Å². The fourth-order valence-corrected chi connectivity index (χ4v) is 3.12. The molecule has 1 aromatic heterocycles. The summed E-state index contributed by atoms with van der Waals surface area (Å²) in [5, 5.41) is 6.63. The van der Waals surface area contributed by atoms with Crippen LogP contribution in [0.2, 0.25) is 0 Å². The van der Waals surface area contributed by atoms with E-state index in [0.717, 1.165) is 29.0 Å². The van der Waals surface area contributed by atoms with Crippen LogP contribution >= 0.6 is 11.3 Å². The summed E-state index contributed by atoms with van der Waals surface area (Å²) in [6.45, 7) is 8.57. The molecule has 0 saturated carbocycles. The highest BCUT2D eigenvalue weighted by Gasteiger charge is 2.18. The normalized spacial score (nSPS) is 12.1. The number of likely N-dealkylation sites (N-methyl/N-ethyl adjacent to an activating group) is 1. The van der Waals surface area contributed by atoms with E-state index < -0.39 is 0 Å². The van der Waals surface area contributed by atoms with Gasteiger partial charge in [-0.05, 0) is 12.1 Å². The Morgan fingerprint density at radius 2 is 2.00 bits per heavy atom. The Labute approximate surface area is 154 Å². The van der Waals surface area contributed by atoms with Crippen molar-refractivity contribution in [3.8, 4) is 5.75 Å². The molecule has 6 heteroatoms. The molecule has 25 heavy (non-hydrogen) atoms. The zero-order valence-corrected chi connectivity index (χ0v) is 16.6. The van der Waals surface area contributed by atoms with Crippen LogP contribution < -0.4 is 10.1 Å². The van der Waals surface area contributed by atoms with Crippen LogP contribution in [0.1, 0.15) is 31.5 Å². The van der Waals surface area contributed by atoms with Crippen LogP contribution in [0.3, 0.4) is 0 Å². The molecule has 5 nitrogen and oxygen atoms in total. The lowest BCUT2D eigenvalue weighted by Crippen LogP contribution is -2.40. The van der Waals surface area contributed by atoms with E-state index in [9.17, 15) is 0 Å². The van der Waals surface area contributed by atoms with E-state index in [1.54, 1.807) is 18.4 Å². The van der Waals surface area contributed by atoms with E-state index in [1.165, 1.54) is 0 Å². The van der Waals surface area contributed by atoms with E-state index in [1.807, 2.05) is 37.4 Å². The molecule has 0 spiro atoms. The Morgan fingerprint density at radius 1 is 1.28 bits per heavy atom. The average molecular weight is 361 g/mol. The van der Waals surface area contributed by atoms with Crippen molar-refractivity contribution in [3.63, 3.8) is 0 Å². The molecule has 1 N–H and O–H groups in total. The molecule has 0 unspecified atom stereocenters. The van der Waals surface area contributed by atoms with Crippen LogP contribution in [0, 0.1) is 0 Å². The van der Waals surface area contributed by atoms with E-state index >= 15 is 0 Å². The fourth-order valence-electron chi connectivity index (χ4n) is 2.21. The third-order valence-electron chi connectivity index (χ3n) is 3.63. The number of rotatable bonds is 6. The van der Waals surface area contributed by atoms with E-state index in [4.69, 9.17) is 9.72 Å². The number of aliphatic imine (C=N–C) groups is 1. The van der Waals surface area contributed by atoms with Crippen LogP contribution in [0.15, 0.2) is 40.7 Å². The zero-order valence-electron chi connectivity index (χ0n) is 15.7. The van der Waals surface area contributed by atoms with Crippen molar-refractivity contribution in [2.45, 2.75) is 32.7 Å². The Balaban J connectivity index is 1.80. The van der Waals surface area contributed by atoms with Gasteiger partial charge < -0.3 is 15.0 Å². The summed E-state index contributed by atoms with van der Waals surface area (Å²) in [7, 11) is 3.80. The predicted octanol–water partition coefficient (Wildman–Crippen LogP) is 3.53. The number of nitrogens with one attached hydrogen (secondary N) is 1. The van der Waals surface area contributed by atoms with Gasteiger partial charge in [-0.15, -0.1) is 11.3 Å². The number of benzene rings is 1. The zero-order chi connectivity index (χ0) is 18.3. The molecule has 0 fully saturated rings. The molecular formula is C19H28N4OS. The third-order valence-corrected chi connectivity index (χ3v) is 4.95. The number of ether oxygens (including phenoxy) is 1. The van der Waals surface area contributed by atoms with Crippen LogP contribution in [-0.4, -0.2) is 43.1 Å². The van der Waals surface area contributed by atoms with E-state index in [0.29, 0.717) is 13.2 Å². The van der Waals surface area contributed by atoms with Gasteiger partial charge in [0.15, 0.2) is 5.96 Å². The molecule has 0 aliphatic rings. The fraction of sp³-hybridized carbons (Fsp3) is 0.474. The minimum Gasteiger partial charge on any atom is -0.492 e. The van der Waals surface area contributed by atoms with Gasteiger partial charge in [0.05, 0.1) is 23.8 Å². The summed E-state index contributed by atoms with van der Waals surface area (Å²) in [6.07, 6.45) is 0. The molecule has 1 heterocycles. The number of para-hydroxylation sites is 1. The molecule has 2 aromatic rings. The van der Waals surface area contributed by atoms with E-state index in [2.05, 4.69) is 41.4 Å². The van der Waals surface area contributed by atoms with Gasteiger partial charge in [0.1, 0.15) is 12.4 Å². The van der Waals surface area contributed by atoms with Gasteiger partial charge in [0.25, 0.3) is 0 Å². The number of guanidine groups is 1. The molecule has 0 atom stereocenters. The summed E-state index contributed by atoms with van der Waals surface area (Å²) in [4.78, 5) is 11.1. The smallest absolute Gasteiger partial charge is 0.193 e. The molecular weight excluding hydrogens is 332 g/mol. The second-order valence-corrected chi connectivity index (χ2v) is 7.74. The van der Waals surface area contributed by atoms with Gasteiger partial charge >= 0.3 is 0 Å². The van der Waals surface area contributed by atoms with Gasteiger partial charge in [-0.2, -0.15) is 0 Å². The van der Waals surface area contributed by atoms with E-state index in [-0.39, 0.29) is 5.41 Å². The minimum atomic E-state index is 0.0934. The van der Waals surface area contributed by atoms with Gasteiger partial charge in [-0.1, -0.05) is 39.0 Å². The molecule has 0 bridgehead atoms. The number of hydrogen-bond donors (Lipinski definition) is 1. The van der Waals surface area contributed by atoms with Crippen molar-refractivity contribution in [1.29, 1.82) is 0 Å². The lowest BCUT2D eigenvalue weighted by atomic mass is 9.98. The number of nitrogens with zero attached hydrogens (tertiary/aromatic N) is 3. The van der Waals surface area contributed by atoms with Crippen molar-refractivity contribution in [2.24, 2.45) is 4.99 Å². The molecule has 2 rings (SSSR count). The molecule has 0 saturated heterocycles. The molecule has 0 aliphatic heterocycles. The largest absolute Gasteiger partial charge is 0.492 e. The SMILES string of the molecule is CN=C(NCc1csc(C(C)(C)C)n1)N(C)CCOc1ccccc1. The Kier molecular flexibility index (Phi) is 6.82. The molecule has 0 amide bonds. The first-order chi connectivity index (χ1) is 11.9. The lowest BCUT2D eigenvalue weighted by Gasteiger charge is -2.22. The highest BCUT2D eigenvalue weighted by Crippen LogP contribution is 2.25. The number of hydrogen-bond acceptors (Lipinski definition) is 4. The maximum Gasteiger partial charge on any atom is 0.193 e. The molecule has 0 radical (unpaired) electrons. The number of thiazole rings is 1. The topological polar surface area (TPSA) is 49.8 Å². The van der Waals surface area contributed by atoms with Crippen molar-refractivity contribution < 1.29 is 4.74 Å². The van der Waals surface area contributed by atoms with Crippen molar-refractivity contribution in [2.75, 3.05) is 27.2 Å². The van der Waals surface area contributed by atoms with Crippen LogP contribution in [-0.2, 0) is 12.0 Å². The average Bonchev–Trinajstić information content (AvgIpc) is 3.06. The third kappa shape index (κ3) is 6.05. The second-order valence-electron chi connectivity index (χ2n) is 6.88. The lowest BCUT2D eigenvalue weighted by molar-refractivity contribution is 0.281. The summed E-state index contributed by atoms with van der Waals surface area (Å²) in [5.41, 5.74) is 1.14. The van der Waals surface area contributed by atoms with Crippen molar-refractivity contribution in [1.82, 2.24) is 15.2 Å². The summed E-state index contributed by atoms with van der Waals surface area (Å²) in [6, 6.07) is 9.84. The predicted molar refractivity (Wildman–Crippen MR) is 106 cm³/mol. The summed E-state index contributed by atoms with van der Waals surface area (Å²) in [5.74, 6) is 1.72. The van der Waals surface area contributed by atoms with Crippen LogP contribution in [0.5, 0.6) is 5.75 Å². The maximum atomic E-state index is 5.74. The highest BCUT2D eigenvalue weighted by atomic mass is 32.1. The van der Waals surface area contributed by atoms with Gasteiger partial charge in [-0.3, -0.25) is 4.99 Å². The summed E-state index contributed by atoms with van der Waals surface area (Å²) < 4.78 is 5.74. The first-order valence-corrected chi connectivity index (χ1v) is 9.32. The highest BCUT2D eigenvalue weighted by molar-refractivity contribution is 7.09. The Morgan fingerprint density at radius 3 is 2.60 bits per heavy atom. The molecule has 1 aromatic carbocycles. The first-order valence-electron chi connectivity index (χ1n) is 8.44. The van der Waals surface area contributed by atoms with Gasteiger partial charge in [-0.25, -0.2) is 4.98 Å². The second kappa shape index (κ2) is 8.85. The molecule has 136 valence electrons. The Bertz CT molecular complexity index is 676. The monoisotopic (exact) mass is 360 g/mol. The number of aromatic nitrogens is 1. The van der Waals surface area contributed by atoms with Crippen LogP contribution in [0.25, 0.3) is 0 Å². The van der Waals surface area contributed by atoms with Gasteiger partial charge in [0, 0.05) is 24.9 Å². The van der Waals surface area contributed by atoms with Crippen LogP contribution in [0.4, 0.5) is 0 Å². The standard InChI is InChI=1S/C19H28N4OS/c1-19(2,3)17-22-15(14-25-17)13-21-18(20-4)23(5)11-12-24-16-9-7-6-8-10-16/h6-10,14H,11-13H2,1-5H3,(H,20,21). The maximum absolute atomic E-state index is 5.74. The quantitative estimate of drug-likeness (QED) is 0.632. The van der Waals surface area contributed by atoms with Crippen molar-refractivity contribution in [3.05, 3.63) is 46.4 Å². The summed E-state index contributed by atoms with van der Waals surface area (Å²) >= 11 is 1.71. The molecule has 0 aliphatic carbocycles.